The summed E-state index contributed by atoms with van der Waals surface area (Å²) in [6.07, 6.45) is 0.988. The van der Waals surface area contributed by atoms with Crippen molar-refractivity contribution in [3.63, 3.8) is 0 Å². The molecule has 0 radical (unpaired) electrons. The van der Waals surface area contributed by atoms with Gasteiger partial charge >= 0.3 is 0 Å². The Morgan fingerprint density at radius 1 is 0.400 bits per heavy atom. The van der Waals surface area contributed by atoms with E-state index >= 15 is 0 Å². The van der Waals surface area contributed by atoms with Crippen molar-refractivity contribution in [2.45, 2.75) is 43.9 Å². The van der Waals surface area contributed by atoms with Gasteiger partial charge in [-0.2, -0.15) is 0 Å². The largest absolute Gasteiger partial charge is 0.135 e. The van der Waals surface area contributed by atoms with E-state index in [9.17, 15) is 0 Å². The molecule has 12 rings (SSSR count). The molecule has 60 heavy (non-hydrogen) atoms. The smallest absolute Gasteiger partial charge is 0.0434 e. The van der Waals surface area contributed by atoms with Gasteiger partial charge in [-0.25, -0.2) is 0 Å². The van der Waals surface area contributed by atoms with Gasteiger partial charge in [0.05, 0.1) is 0 Å². The van der Waals surface area contributed by atoms with Gasteiger partial charge in [-0.1, -0.05) is 172 Å². The second-order valence-corrected chi connectivity index (χ2v) is 18.3. The molecule has 2 aliphatic carbocycles. The molecule has 0 N–H and O–H groups in total. The summed E-state index contributed by atoms with van der Waals surface area (Å²) < 4.78 is 2.72. The Bertz CT molecular complexity index is 3290. The molecular formula is C59H44S. The van der Waals surface area contributed by atoms with Gasteiger partial charge in [-0.3, -0.25) is 0 Å². The summed E-state index contributed by atoms with van der Waals surface area (Å²) in [6.45, 7) is 4.88. The minimum Gasteiger partial charge on any atom is -0.135 e. The zero-order valence-electron chi connectivity index (χ0n) is 33.9. The number of rotatable bonds is 4. The summed E-state index contributed by atoms with van der Waals surface area (Å²) in [6, 6.07) is 73.7. The second-order valence-electron chi connectivity index (χ2n) is 17.2. The molecule has 10 aromatic rings. The highest BCUT2D eigenvalue weighted by molar-refractivity contribution is 7.26. The minimum atomic E-state index is 0.305. The highest BCUT2D eigenvalue weighted by Crippen LogP contribution is 2.52. The molecule has 286 valence electrons. The Balaban J connectivity index is 0.984. The van der Waals surface area contributed by atoms with Crippen LogP contribution < -0.4 is 0 Å². The molecule has 2 aliphatic rings. The van der Waals surface area contributed by atoms with Crippen molar-refractivity contribution in [3.05, 3.63) is 228 Å². The molecule has 0 fully saturated rings. The third-order valence-electron chi connectivity index (χ3n) is 14.0. The summed E-state index contributed by atoms with van der Waals surface area (Å²) >= 11 is 1.93. The molecule has 1 heterocycles. The molecule has 0 amide bonds. The van der Waals surface area contributed by atoms with Crippen LogP contribution in [0.1, 0.15) is 70.9 Å². The second kappa shape index (κ2) is 14.0. The van der Waals surface area contributed by atoms with E-state index in [1.807, 2.05) is 11.3 Å². The lowest BCUT2D eigenvalue weighted by molar-refractivity contribution is 0.580. The molecule has 0 bridgehead atoms. The molecule has 1 heteroatoms. The van der Waals surface area contributed by atoms with Gasteiger partial charge in [0.25, 0.3) is 0 Å². The Morgan fingerprint density at radius 2 is 1.05 bits per heavy atom. The summed E-state index contributed by atoms with van der Waals surface area (Å²) in [5.41, 5.74) is 19.2. The Hall–Kier alpha value is -6.54. The first-order chi connectivity index (χ1) is 29.6. The first-order valence-electron chi connectivity index (χ1n) is 21.5. The number of thiophene rings is 1. The molecule has 0 saturated carbocycles. The van der Waals surface area contributed by atoms with Crippen LogP contribution in [0.3, 0.4) is 0 Å². The maximum Gasteiger partial charge on any atom is 0.0434 e. The maximum atomic E-state index is 2.54. The number of hydrogen-bond donors (Lipinski definition) is 0. The predicted octanol–water partition coefficient (Wildman–Crippen LogP) is 16.6. The molecule has 0 aliphatic heterocycles. The quantitative estimate of drug-likeness (QED) is 0.167. The molecule has 0 nitrogen and oxygen atoms in total. The fourth-order valence-corrected chi connectivity index (χ4v) is 12.2. The summed E-state index contributed by atoms with van der Waals surface area (Å²) in [5.74, 6) is 1.32. The van der Waals surface area contributed by atoms with Gasteiger partial charge in [0.15, 0.2) is 0 Å². The van der Waals surface area contributed by atoms with Gasteiger partial charge < -0.3 is 0 Å². The van der Waals surface area contributed by atoms with Crippen molar-refractivity contribution in [2.75, 3.05) is 0 Å². The van der Waals surface area contributed by atoms with E-state index in [1.54, 1.807) is 0 Å². The van der Waals surface area contributed by atoms with E-state index in [0.717, 1.165) is 6.42 Å². The number of benzene rings is 9. The van der Waals surface area contributed by atoms with Crippen LogP contribution in [0.25, 0.3) is 75.5 Å². The average Bonchev–Trinajstić information content (AvgIpc) is 3.63. The van der Waals surface area contributed by atoms with Gasteiger partial charge in [0.2, 0.25) is 0 Å². The Labute approximate surface area is 356 Å². The van der Waals surface area contributed by atoms with Crippen LogP contribution in [0.5, 0.6) is 0 Å². The molecule has 1 aromatic heterocycles. The van der Waals surface area contributed by atoms with Crippen molar-refractivity contribution in [2.24, 2.45) is 0 Å². The van der Waals surface area contributed by atoms with Crippen LogP contribution in [0.15, 0.2) is 194 Å². The lowest BCUT2D eigenvalue weighted by Crippen LogP contribution is -2.17. The predicted molar refractivity (Wildman–Crippen MR) is 257 cm³/mol. The van der Waals surface area contributed by atoms with E-state index in [1.165, 1.54) is 109 Å². The third-order valence-corrected chi connectivity index (χ3v) is 15.2. The zero-order chi connectivity index (χ0) is 39.9. The standard InChI is InChI=1S/C59H44S/c1-36-46-28-26-41(42-27-29-47-37(2)58(39-15-4-3-5-16-39)51-22-11-10-20-49(51)55(47)32-42)31-54(46)48-19-9-8-18-43(48)33-52(36)45-34-53(44-25-24-38-14-6-7-17-40(38)30-44)59-56(35-45)50-21-12-13-23-57(50)60-59/h3-32,34-37,52,58H,33H2,1-2H3. The normalized spacial score (nSPS) is 18.1. The molecule has 9 aromatic carbocycles. The highest BCUT2D eigenvalue weighted by atomic mass is 32.1. The van der Waals surface area contributed by atoms with Crippen LogP contribution in [0.2, 0.25) is 0 Å². The molecule has 4 atom stereocenters. The van der Waals surface area contributed by atoms with Gasteiger partial charge in [-0.05, 0) is 149 Å². The summed E-state index contributed by atoms with van der Waals surface area (Å²) in [7, 11) is 0. The fraction of sp³-hybridized carbons (Fsp3) is 0.119. The van der Waals surface area contributed by atoms with Crippen molar-refractivity contribution in [1.29, 1.82) is 0 Å². The van der Waals surface area contributed by atoms with Crippen LogP contribution in [-0.4, -0.2) is 0 Å². The fourth-order valence-electron chi connectivity index (χ4n) is 11.0. The van der Waals surface area contributed by atoms with Crippen molar-refractivity contribution >= 4 is 42.3 Å². The zero-order valence-corrected chi connectivity index (χ0v) is 34.7. The molecular weight excluding hydrogens is 741 g/mol. The third kappa shape index (κ3) is 5.64. The lowest BCUT2D eigenvalue weighted by Gasteiger charge is -2.34. The van der Waals surface area contributed by atoms with Crippen molar-refractivity contribution in [1.82, 2.24) is 0 Å². The van der Waals surface area contributed by atoms with Crippen LogP contribution in [0, 0.1) is 0 Å². The van der Waals surface area contributed by atoms with E-state index in [2.05, 4.69) is 208 Å². The van der Waals surface area contributed by atoms with E-state index in [0.29, 0.717) is 23.7 Å². The van der Waals surface area contributed by atoms with Gasteiger partial charge in [0.1, 0.15) is 0 Å². The van der Waals surface area contributed by atoms with Crippen LogP contribution in [-0.2, 0) is 6.42 Å². The minimum absolute atomic E-state index is 0.305. The van der Waals surface area contributed by atoms with Crippen molar-refractivity contribution < 1.29 is 0 Å². The highest BCUT2D eigenvalue weighted by Gasteiger charge is 2.33. The van der Waals surface area contributed by atoms with E-state index in [4.69, 9.17) is 0 Å². The van der Waals surface area contributed by atoms with Gasteiger partial charge in [0, 0.05) is 26.1 Å². The summed E-state index contributed by atoms with van der Waals surface area (Å²) in [5, 5.41) is 5.28. The van der Waals surface area contributed by atoms with E-state index in [-0.39, 0.29) is 0 Å². The van der Waals surface area contributed by atoms with E-state index < -0.39 is 0 Å². The first kappa shape index (κ1) is 35.4. The lowest BCUT2D eigenvalue weighted by atomic mass is 9.69. The Morgan fingerprint density at radius 3 is 1.88 bits per heavy atom. The number of fused-ring (bicyclic) bond motifs is 10. The summed E-state index contributed by atoms with van der Waals surface area (Å²) in [4.78, 5) is 0. The first-order valence-corrected chi connectivity index (χ1v) is 22.3. The number of hydrogen-bond acceptors (Lipinski definition) is 1. The molecule has 0 spiro atoms. The monoisotopic (exact) mass is 784 g/mol. The van der Waals surface area contributed by atoms with Crippen LogP contribution >= 0.6 is 11.3 Å². The topological polar surface area (TPSA) is 0 Å². The average molecular weight is 785 g/mol. The SMILES string of the molecule is CC1c2ccc(-c3ccc4c(c3)-c3ccccc3C(c3ccccc3)C4C)cc2-c2ccccc2CC1c1cc(-c2ccc3ccccc3c2)c2sc3ccccc3c2c1. The van der Waals surface area contributed by atoms with Crippen molar-refractivity contribution in [3.8, 4) is 44.5 Å². The maximum absolute atomic E-state index is 2.54. The molecule has 4 unspecified atom stereocenters. The molecule has 0 saturated heterocycles. The van der Waals surface area contributed by atoms with Gasteiger partial charge in [-0.15, -0.1) is 11.3 Å². The Kier molecular flexibility index (Phi) is 8.29. The van der Waals surface area contributed by atoms with Crippen LogP contribution in [0.4, 0.5) is 0 Å².